The van der Waals surface area contributed by atoms with Crippen molar-refractivity contribution in [2.75, 3.05) is 16.8 Å². The largest absolute Gasteiger partial charge is 0.492 e. The van der Waals surface area contributed by atoms with Crippen LogP contribution in [0.1, 0.15) is 12.5 Å². The fraction of sp³-hybridized carbons (Fsp3) is 0.222. The predicted molar refractivity (Wildman–Crippen MR) is 92.2 cm³/mol. The number of ether oxygens (including phenoxy) is 1. The highest BCUT2D eigenvalue weighted by Crippen LogP contribution is 2.33. The number of rotatable bonds is 4. The van der Waals surface area contributed by atoms with Gasteiger partial charge in [0.15, 0.2) is 0 Å². The van der Waals surface area contributed by atoms with Crippen LogP contribution < -0.4 is 20.7 Å². The number of amides is 3. The fourth-order valence-electron chi connectivity index (χ4n) is 2.89. The van der Waals surface area contributed by atoms with Crippen molar-refractivity contribution in [2.45, 2.75) is 19.4 Å². The molecule has 1 unspecified atom stereocenters. The van der Waals surface area contributed by atoms with E-state index in [2.05, 4.69) is 5.32 Å². The van der Waals surface area contributed by atoms with E-state index < -0.39 is 18.0 Å². The maximum Gasteiger partial charge on any atom is 0.327 e. The summed E-state index contributed by atoms with van der Waals surface area (Å²) in [5, 5.41) is 2.82. The molecule has 3 rings (SSSR count). The SMILES string of the molecule is CCOc1ccccc1NC(=O)N1c2ccccc2CC1C(N)=O. The molecule has 1 aliphatic heterocycles. The third-order valence-corrected chi connectivity index (χ3v) is 3.95. The number of benzene rings is 2. The first-order valence-corrected chi connectivity index (χ1v) is 7.81. The highest BCUT2D eigenvalue weighted by molar-refractivity contribution is 6.08. The summed E-state index contributed by atoms with van der Waals surface area (Å²) in [6.45, 7) is 2.36. The Labute approximate surface area is 140 Å². The van der Waals surface area contributed by atoms with E-state index in [1.165, 1.54) is 4.90 Å². The molecule has 1 heterocycles. The normalized spacial score (nSPS) is 15.7. The molecule has 0 fully saturated rings. The van der Waals surface area contributed by atoms with Crippen molar-refractivity contribution in [3.05, 3.63) is 54.1 Å². The van der Waals surface area contributed by atoms with E-state index in [-0.39, 0.29) is 0 Å². The zero-order chi connectivity index (χ0) is 17.1. The zero-order valence-electron chi connectivity index (χ0n) is 13.4. The lowest BCUT2D eigenvalue weighted by Gasteiger charge is -2.24. The molecule has 1 aliphatic rings. The van der Waals surface area contributed by atoms with Crippen molar-refractivity contribution in [1.82, 2.24) is 0 Å². The van der Waals surface area contributed by atoms with E-state index in [4.69, 9.17) is 10.5 Å². The smallest absolute Gasteiger partial charge is 0.327 e. The average molecular weight is 325 g/mol. The van der Waals surface area contributed by atoms with Crippen molar-refractivity contribution in [2.24, 2.45) is 5.73 Å². The molecular weight excluding hydrogens is 306 g/mol. The van der Waals surface area contributed by atoms with Gasteiger partial charge in [0.05, 0.1) is 12.3 Å². The van der Waals surface area contributed by atoms with Crippen molar-refractivity contribution in [1.29, 1.82) is 0 Å². The standard InChI is InChI=1S/C18H19N3O3/c1-2-24-16-10-6-4-8-13(16)20-18(23)21-14-9-5-3-7-12(14)11-15(21)17(19)22/h3-10,15H,2,11H2,1H3,(H2,19,22)(H,20,23). The summed E-state index contributed by atoms with van der Waals surface area (Å²) in [6.07, 6.45) is 0.423. The Hall–Kier alpha value is -3.02. The number of fused-ring (bicyclic) bond motifs is 1. The van der Waals surface area contributed by atoms with Gasteiger partial charge in [0.2, 0.25) is 5.91 Å². The van der Waals surface area contributed by atoms with Crippen LogP contribution in [0.2, 0.25) is 0 Å². The monoisotopic (exact) mass is 325 g/mol. The van der Waals surface area contributed by atoms with Gasteiger partial charge in [0, 0.05) is 12.1 Å². The van der Waals surface area contributed by atoms with Gasteiger partial charge in [0.25, 0.3) is 0 Å². The van der Waals surface area contributed by atoms with E-state index in [0.29, 0.717) is 30.2 Å². The van der Waals surface area contributed by atoms with Crippen LogP contribution in [0.5, 0.6) is 5.75 Å². The Balaban J connectivity index is 1.90. The second-order valence-corrected chi connectivity index (χ2v) is 5.48. The Morgan fingerprint density at radius 3 is 2.67 bits per heavy atom. The quantitative estimate of drug-likeness (QED) is 0.906. The van der Waals surface area contributed by atoms with Crippen LogP contribution in [0.4, 0.5) is 16.2 Å². The number of nitrogens with one attached hydrogen (secondary N) is 1. The van der Waals surface area contributed by atoms with E-state index in [1.54, 1.807) is 12.1 Å². The van der Waals surface area contributed by atoms with Gasteiger partial charge in [-0.2, -0.15) is 0 Å². The third-order valence-electron chi connectivity index (χ3n) is 3.95. The van der Waals surface area contributed by atoms with Crippen LogP contribution in [0.15, 0.2) is 48.5 Å². The van der Waals surface area contributed by atoms with Crippen molar-refractivity contribution >= 4 is 23.3 Å². The minimum atomic E-state index is -0.693. The highest BCUT2D eigenvalue weighted by Gasteiger charge is 2.37. The topological polar surface area (TPSA) is 84.7 Å². The fourth-order valence-corrected chi connectivity index (χ4v) is 2.89. The third kappa shape index (κ3) is 2.90. The molecular formula is C18H19N3O3. The number of urea groups is 1. The number of anilines is 2. The number of carbonyl (C=O) groups is 2. The van der Waals surface area contributed by atoms with Crippen LogP contribution in [-0.4, -0.2) is 24.6 Å². The van der Waals surface area contributed by atoms with Gasteiger partial charge in [-0.05, 0) is 30.7 Å². The number of carbonyl (C=O) groups excluding carboxylic acids is 2. The number of nitrogens with zero attached hydrogens (tertiary/aromatic N) is 1. The maximum absolute atomic E-state index is 12.8. The Bertz CT molecular complexity index is 776. The molecule has 0 aliphatic carbocycles. The molecule has 0 radical (unpaired) electrons. The minimum Gasteiger partial charge on any atom is -0.492 e. The molecule has 2 aromatic rings. The second kappa shape index (κ2) is 6.62. The molecule has 2 aromatic carbocycles. The summed E-state index contributed by atoms with van der Waals surface area (Å²) in [5.74, 6) is 0.0518. The molecule has 0 saturated carbocycles. The summed E-state index contributed by atoms with van der Waals surface area (Å²) < 4.78 is 5.52. The molecule has 6 heteroatoms. The van der Waals surface area contributed by atoms with Gasteiger partial charge in [-0.1, -0.05) is 30.3 Å². The first kappa shape index (κ1) is 15.9. The summed E-state index contributed by atoms with van der Waals surface area (Å²) in [5.41, 5.74) is 7.67. The summed E-state index contributed by atoms with van der Waals surface area (Å²) >= 11 is 0. The molecule has 6 nitrogen and oxygen atoms in total. The summed E-state index contributed by atoms with van der Waals surface area (Å²) in [4.78, 5) is 26.0. The minimum absolute atomic E-state index is 0.407. The van der Waals surface area contributed by atoms with Gasteiger partial charge in [-0.25, -0.2) is 4.79 Å². The molecule has 0 spiro atoms. The van der Waals surface area contributed by atoms with Crippen molar-refractivity contribution < 1.29 is 14.3 Å². The number of hydrogen-bond donors (Lipinski definition) is 2. The molecule has 0 saturated heterocycles. The Kier molecular flexibility index (Phi) is 4.37. The van der Waals surface area contributed by atoms with Crippen molar-refractivity contribution in [3.63, 3.8) is 0 Å². The predicted octanol–water partition coefficient (Wildman–Crippen LogP) is 2.53. The van der Waals surface area contributed by atoms with Gasteiger partial charge < -0.3 is 15.8 Å². The molecule has 3 N–H and O–H groups in total. The summed E-state index contributed by atoms with van der Waals surface area (Å²) in [7, 11) is 0. The van der Waals surface area contributed by atoms with Crippen LogP contribution in [0.3, 0.4) is 0 Å². The molecule has 24 heavy (non-hydrogen) atoms. The molecule has 124 valence electrons. The molecule has 0 bridgehead atoms. The first-order valence-electron chi connectivity index (χ1n) is 7.81. The zero-order valence-corrected chi connectivity index (χ0v) is 13.4. The molecule has 1 atom stereocenters. The Morgan fingerprint density at radius 2 is 1.92 bits per heavy atom. The van der Waals surface area contributed by atoms with E-state index in [0.717, 1.165) is 5.56 Å². The van der Waals surface area contributed by atoms with Crippen LogP contribution >= 0.6 is 0 Å². The lowest BCUT2D eigenvalue weighted by Crippen LogP contribution is -2.47. The molecule has 3 amide bonds. The van der Waals surface area contributed by atoms with Gasteiger partial charge in [-0.3, -0.25) is 9.69 Å². The first-order chi connectivity index (χ1) is 11.6. The maximum atomic E-state index is 12.8. The number of para-hydroxylation sites is 3. The number of hydrogen-bond acceptors (Lipinski definition) is 3. The number of nitrogens with two attached hydrogens (primary N) is 1. The average Bonchev–Trinajstić information content (AvgIpc) is 2.97. The van der Waals surface area contributed by atoms with Gasteiger partial charge in [-0.15, -0.1) is 0 Å². The van der Waals surface area contributed by atoms with Gasteiger partial charge in [0.1, 0.15) is 11.8 Å². The highest BCUT2D eigenvalue weighted by atomic mass is 16.5. The number of primary amides is 1. The van der Waals surface area contributed by atoms with Crippen molar-refractivity contribution in [3.8, 4) is 5.75 Å². The lowest BCUT2D eigenvalue weighted by atomic mass is 10.1. The Morgan fingerprint density at radius 1 is 1.21 bits per heavy atom. The van der Waals surface area contributed by atoms with Crippen LogP contribution in [-0.2, 0) is 11.2 Å². The lowest BCUT2D eigenvalue weighted by molar-refractivity contribution is -0.119. The van der Waals surface area contributed by atoms with Crippen LogP contribution in [0, 0.1) is 0 Å². The van der Waals surface area contributed by atoms with Gasteiger partial charge >= 0.3 is 6.03 Å². The van der Waals surface area contributed by atoms with Crippen LogP contribution in [0.25, 0.3) is 0 Å². The van der Waals surface area contributed by atoms with E-state index in [9.17, 15) is 9.59 Å². The van der Waals surface area contributed by atoms with E-state index in [1.807, 2.05) is 43.3 Å². The summed E-state index contributed by atoms with van der Waals surface area (Å²) in [6, 6.07) is 13.5. The van der Waals surface area contributed by atoms with E-state index >= 15 is 0 Å². The second-order valence-electron chi connectivity index (χ2n) is 5.48. The molecule has 0 aromatic heterocycles.